The lowest BCUT2D eigenvalue weighted by Gasteiger charge is -2.07. The third-order valence-electron chi connectivity index (χ3n) is 3.48. The topological polar surface area (TPSA) is 152 Å². The van der Waals surface area contributed by atoms with Crippen molar-refractivity contribution >= 4 is 17.2 Å². The molecule has 11 nitrogen and oxygen atoms in total. The van der Waals surface area contributed by atoms with Crippen LogP contribution in [0, 0.1) is 10.1 Å². The number of imidazole rings is 1. The fourth-order valence-corrected chi connectivity index (χ4v) is 2.25. The molecule has 25 heavy (non-hydrogen) atoms. The summed E-state index contributed by atoms with van der Waals surface area (Å²) in [4.78, 5) is 40.5. The van der Waals surface area contributed by atoms with Crippen LogP contribution in [0.5, 0.6) is 0 Å². The van der Waals surface area contributed by atoms with E-state index in [4.69, 9.17) is 0 Å². The van der Waals surface area contributed by atoms with Gasteiger partial charge in [-0.05, 0) is 12.1 Å². The molecule has 0 bridgehead atoms. The van der Waals surface area contributed by atoms with Crippen molar-refractivity contribution in [3.8, 4) is 0 Å². The molecule has 0 aliphatic heterocycles. The quantitative estimate of drug-likeness (QED) is 0.336. The van der Waals surface area contributed by atoms with Gasteiger partial charge >= 0.3 is 5.69 Å². The summed E-state index contributed by atoms with van der Waals surface area (Å²) in [6, 6.07) is 4.09. The Kier molecular flexibility index (Phi) is 4.12. The Morgan fingerprint density at radius 2 is 2.24 bits per heavy atom. The van der Waals surface area contributed by atoms with Crippen molar-refractivity contribution in [2.45, 2.75) is 6.54 Å². The minimum Gasteiger partial charge on any atom is -0.372 e. The Bertz CT molecular complexity index is 1000. The lowest BCUT2D eigenvalue weighted by molar-refractivity contribution is -0.384. The van der Waals surface area contributed by atoms with Gasteiger partial charge in [-0.2, -0.15) is 5.10 Å². The molecule has 0 saturated carbocycles. The first-order valence-corrected chi connectivity index (χ1v) is 7.13. The van der Waals surface area contributed by atoms with Crippen molar-refractivity contribution in [3.05, 3.63) is 68.4 Å². The molecule has 2 aromatic heterocycles. The van der Waals surface area contributed by atoms with Gasteiger partial charge in [-0.1, -0.05) is 0 Å². The first-order valence-electron chi connectivity index (χ1n) is 7.13. The van der Waals surface area contributed by atoms with Crippen LogP contribution in [0.4, 0.5) is 11.4 Å². The summed E-state index contributed by atoms with van der Waals surface area (Å²) in [6.07, 6.45) is 3.09. The van der Waals surface area contributed by atoms with E-state index in [1.807, 2.05) is 0 Å². The van der Waals surface area contributed by atoms with Crippen molar-refractivity contribution in [2.75, 3.05) is 5.32 Å². The molecule has 0 aliphatic carbocycles. The van der Waals surface area contributed by atoms with Gasteiger partial charge in [-0.25, -0.2) is 14.9 Å². The molecule has 0 aliphatic rings. The predicted molar refractivity (Wildman–Crippen MR) is 86.3 cm³/mol. The van der Waals surface area contributed by atoms with Crippen LogP contribution in [0.2, 0.25) is 0 Å². The van der Waals surface area contributed by atoms with Crippen molar-refractivity contribution in [2.24, 2.45) is 7.05 Å². The number of nitro benzene ring substituents is 1. The number of benzene rings is 1. The van der Waals surface area contributed by atoms with Crippen LogP contribution in [0.3, 0.4) is 0 Å². The first kappa shape index (κ1) is 16.1. The molecule has 0 saturated heterocycles. The van der Waals surface area contributed by atoms with Gasteiger partial charge in [0.1, 0.15) is 11.5 Å². The number of carbonyl (C=O) groups is 1. The fourth-order valence-electron chi connectivity index (χ4n) is 2.25. The van der Waals surface area contributed by atoms with Gasteiger partial charge < -0.3 is 9.88 Å². The van der Waals surface area contributed by atoms with Gasteiger partial charge in [0.15, 0.2) is 5.82 Å². The Morgan fingerprint density at radius 1 is 1.44 bits per heavy atom. The van der Waals surface area contributed by atoms with Crippen molar-refractivity contribution in [1.82, 2.24) is 24.7 Å². The van der Waals surface area contributed by atoms with Gasteiger partial charge in [0.2, 0.25) is 5.78 Å². The Morgan fingerprint density at radius 3 is 2.84 bits per heavy atom. The molecule has 11 heteroatoms. The van der Waals surface area contributed by atoms with E-state index in [0.717, 1.165) is 0 Å². The number of rotatable bonds is 6. The molecule has 0 fully saturated rings. The third kappa shape index (κ3) is 3.29. The minimum atomic E-state index is -0.592. The second kappa shape index (κ2) is 6.39. The molecule has 0 atom stereocenters. The number of hydrogen-bond donors (Lipinski definition) is 3. The molecule has 3 N–H and O–H groups in total. The number of hydrogen-bond acceptors (Lipinski definition) is 7. The highest BCUT2D eigenvalue weighted by Gasteiger charge is 2.20. The lowest BCUT2D eigenvalue weighted by Crippen LogP contribution is -2.10. The summed E-state index contributed by atoms with van der Waals surface area (Å²) < 4.78 is 1.54. The number of aromatic nitrogens is 5. The van der Waals surface area contributed by atoms with Gasteiger partial charge in [0.25, 0.3) is 5.69 Å². The number of nitrogens with one attached hydrogen (secondary N) is 3. The molecular formula is C14H13N7O4. The summed E-state index contributed by atoms with van der Waals surface area (Å²) in [5.74, 6) is 0.0651. The average molecular weight is 343 g/mol. The number of aromatic amines is 2. The molecule has 1 aromatic carbocycles. The van der Waals surface area contributed by atoms with E-state index in [9.17, 15) is 19.7 Å². The molecule has 0 spiro atoms. The maximum absolute atomic E-state index is 12.4. The maximum atomic E-state index is 12.4. The SMILES string of the molecule is Cn1ccnc1C(=O)c1ccc(NCc2n[nH]c(=O)[nH]2)c([N+](=O)[O-])c1. The van der Waals surface area contributed by atoms with E-state index in [1.165, 1.54) is 29.0 Å². The van der Waals surface area contributed by atoms with E-state index in [-0.39, 0.29) is 29.3 Å². The van der Waals surface area contributed by atoms with Crippen LogP contribution in [0.25, 0.3) is 0 Å². The van der Waals surface area contributed by atoms with Crippen LogP contribution in [0.15, 0.2) is 35.4 Å². The van der Waals surface area contributed by atoms with E-state index >= 15 is 0 Å². The largest absolute Gasteiger partial charge is 0.372 e. The van der Waals surface area contributed by atoms with Gasteiger partial charge in [0, 0.05) is 31.1 Å². The zero-order chi connectivity index (χ0) is 18.0. The maximum Gasteiger partial charge on any atom is 0.340 e. The highest BCUT2D eigenvalue weighted by Crippen LogP contribution is 2.26. The number of anilines is 1. The number of nitrogens with zero attached hydrogens (tertiary/aromatic N) is 4. The van der Waals surface area contributed by atoms with E-state index in [1.54, 1.807) is 13.2 Å². The third-order valence-corrected chi connectivity index (χ3v) is 3.48. The molecule has 3 aromatic rings. The predicted octanol–water partition coefficient (Wildman–Crippen LogP) is 0.583. The van der Waals surface area contributed by atoms with Crippen molar-refractivity contribution in [3.63, 3.8) is 0 Å². The number of carbonyl (C=O) groups excluding carboxylic acids is 1. The molecular weight excluding hydrogens is 330 g/mol. The second-order valence-electron chi connectivity index (χ2n) is 5.16. The number of ketones is 1. The molecule has 0 unspecified atom stereocenters. The fraction of sp³-hybridized carbons (Fsp3) is 0.143. The van der Waals surface area contributed by atoms with Gasteiger partial charge in [-0.15, -0.1) is 0 Å². The Labute approximate surface area is 139 Å². The van der Waals surface area contributed by atoms with E-state index < -0.39 is 16.4 Å². The summed E-state index contributed by atoms with van der Waals surface area (Å²) in [5.41, 5.74) is -0.384. The zero-order valence-corrected chi connectivity index (χ0v) is 13.0. The summed E-state index contributed by atoms with van der Waals surface area (Å²) in [6.45, 7) is 0.0756. The molecule has 2 heterocycles. The van der Waals surface area contributed by atoms with Crippen LogP contribution in [0.1, 0.15) is 22.0 Å². The number of H-pyrrole nitrogens is 2. The molecule has 3 rings (SSSR count). The minimum absolute atomic E-state index is 0.0756. The van der Waals surface area contributed by atoms with Crippen LogP contribution >= 0.6 is 0 Å². The van der Waals surface area contributed by atoms with Gasteiger partial charge in [0.05, 0.1) is 11.5 Å². The summed E-state index contributed by atoms with van der Waals surface area (Å²) in [5, 5.41) is 20.0. The van der Waals surface area contributed by atoms with Crippen LogP contribution in [-0.2, 0) is 13.6 Å². The van der Waals surface area contributed by atoms with Crippen molar-refractivity contribution < 1.29 is 9.72 Å². The van der Waals surface area contributed by atoms with Crippen molar-refractivity contribution in [1.29, 1.82) is 0 Å². The first-order chi connectivity index (χ1) is 12.0. The molecule has 0 radical (unpaired) electrons. The Hall–Kier alpha value is -3.76. The van der Waals surface area contributed by atoms with Crippen LogP contribution < -0.4 is 11.0 Å². The monoisotopic (exact) mass is 343 g/mol. The number of aryl methyl sites for hydroxylation is 1. The molecule has 0 amide bonds. The standard InChI is InChI=1S/C14H13N7O4/c1-20-5-4-15-13(20)12(22)8-2-3-9(10(6-8)21(24)25)16-7-11-17-14(23)19-18-11/h2-6,16H,7H2,1H3,(H2,17,18,19,23). The van der Waals surface area contributed by atoms with Gasteiger partial charge in [-0.3, -0.25) is 19.9 Å². The smallest absolute Gasteiger partial charge is 0.340 e. The Balaban J connectivity index is 1.88. The van der Waals surface area contributed by atoms with E-state index in [2.05, 4.69) is 25.5 Å². The highest BCUT2D eigenvalue weighted by atomic mass is 16.6. The normalized spacial score (nSPS) is 10.6. The zero-order valence-electron chi connectivity index (χ0n) is 13.0. The summed E-state index contributed by atoms with van der Waals surface area (Å²) >= 11 is 0. The summed E-state index contributed by atoms with van der Waals surface area (Å²) in [7, 11) is 1.66. The number of nitro groups is 1. The lowest BCUT2D eigenvalue weighted by atomic mass is 10.1. The highest BCUT2D eigenvalue weighted by molar-refractivity contribution is 6.07. The van der Waals surface area contributed by atoms with Crippen LogP contribution in [-0.4, -0.2) is 35.4 Å². The van der Waals surface area contributed by atoms with E-state index in [0.29, 0.717) is 5.82 Å². The molecule has 128 valence electrons. The average Bonchev–Trinajstić information content (AvgIpc) is 3.20. The second-order valence-corrected chi connectivity index (χ2v) is 5.16.